The molecule has 1 aromatic carbocycles. The van der Waals surface area contributed by atoms with Crippen LogP contribution in [-0.4, -0.2) is 24.7 Å². The van der Waals surface area contributed by atoms with E-state index in [1.165, 1.54) is 25.7 Å². The minimum absolute atomic E-state index is 0.709. The molecule has 0 spiro atoms. The van der Waals surface area contributed by atoms with Crippen LogP contribution in [0.1, 0.15) is 25.7 Å². The van der Waals surface area contributed by atoms with Crippen molar-refractivity contribution in [1.82, 2.24) is 10.3 Å². The smallest absolute Gasteiger partial charge is 0.128 e. The van der Waals surface area contributed by atoms with Gasteiger partial charge in [0.1, 0.15) is 12.4 Å². The van der Waals surface area contributed by atoms with Gasteiger partial charge in [-0.3, -0.25) is 4.98 Å². The summed E-state index contributed by atoms with van der Waals surface area (Å²) < 4.78 is 5.88. The van der Waals surface area contributed by atoms with Crippen LogP contribution in [0.4, 0.5) is 0 Å². The first kappa shape index (κ1) is 13.4. The molecule has 3 rings (SSSR count). The molecule has 1 heterocycles. The third-order valence-corrected chi connectivity index (χ3v) is 4.05. The van der Waals surface area contributed by atoms with Crippen LogP contribution in [0.2, 0.25) is 0 Å². The van der Waals surface area contributed by atoms with E-state index >= 15 is 0 Å². The Balaban J connectivity index is 1.47. The van der Waals surface area contributed by atoms with E-state index in [4.69, 9.17) is 4.74 Å². The van der Waals surface area contributed by atoms with Crippen molar-refractivity contribution in [3.8, 4) is 5.75 Å². The lowest BCUT2D eigenvalue weighted by atomic mass is 10.1. The van der Waals surface area contributed by atoms with Crippen LogP contribution in [0.5, 0.6) is 5.75 Å². The molecule has 0 radical (unpaired) electrons. The van der Waals surface area contributed by atoms with E-state index in [9.17, 15) is 0 Å². The van der Waals surface area contributed by atoms with Gasteiger partial charge in [-0.05, 0) is 49.6 Å². The van der Waals surface area contributed by atoms with Crippen LogP contribution in [0.15, 0.2) is 36.5 Å². The van der Waals surface area contributed by atoms with Crippen LogP contribution < -0.4 is 10.1 Å². The van der Waals surface area contributed by atoms with Crippen molar-refractivity contribution < 1.29 is 4.74 Å². The Morgan fingerprint density at radius 1 is 1.15 bits per heavy atom. The quantitative estimate of drug-likeness (QED) is 0.817. The number of hydrogen-bond donors (Lipinski definition) is 1. The molecule has 0 saturated heterocycles. The normalized spacial score (nSPS) is 15.8. The summed E-state index contributed by atoms with van der Waals surface area (Å²) in [5, 5.41) is 4.59. The van der Waals surface area contributed by atoms with E-state index in [0.29, 0.717) is 6.61 Å². The largest absolute Gasteiger partial charge is 0.492 e. The fraction of sp³-hybridized carbons (Fsp3) is 0.471. The van der Waals surface area contributed by atoms with Crippen LogP contribution in [0, 0.1) is 5.92 Å². The molecule has 106 valence electrons. The van der Waals surface area contributed by atoms with E-state index in [0.717, 1.165) is 35.7 Å². The molecular weight excluding hydrogens is 248 g/mol. The van der Waals surface area contributed by atoms with Gasteiger partial charge < -0.3 is 10.1 Å². The Bertz CT molecular complexity index is 544. The summed E-state index contributed by atoms with van der Waals surface area (Å²) in [5.41, 5.74) is 0.990. The number of benzene rings is 1. The van der Waals surface area contributed by atoms with Crippen molar-refractivity contribution in [2.75, 3.05) is 19.7 Å². The molecule has 1 aliphatic carbocycles. The maximum Gasteiger partial charge on any atom is 0.128 e. The van der Waals surface area contributed by atoms with Crippen molar-refractivity contribution >= 4 is 10.9 Å². The van der Waals surface area contributed by atoms with Gasteiger partial charge in [0, 0.05) is 18.1 Å². The Hall–Kier alpha value is -1.61. The second-order valence-electron chi connectivity index (χ2n) is 5.53. The summed E-state index contributed by atoms with van der Waals surface area (Å²) in [4.78, 5) is 4.34. The van der Waals surface area contributed by atoms with Crippen molar-refractivity contribution in [3.05, 3.63) is 36.5 Å². The number of hydrogen-bond acceptors (Lipinski definition) is 3. The number of nitrogens with one attached hydrogen (secondary N) is 1. The lowest BCUT2D eigenvalue weighted by Crippen LogP contribution is -2.26. The summed E-state index contributed by atoms with van der Waals surface area (Å²) >= 11 is 0. The van der Waals surface area contributed by atoms with Gasteiger partial charge in [-0.25, -0.2) is 0 Å². The summed E-state index contributed by atoms with van der Waals surface area (Å²) in [5.74, 6) is 1.81. The summed E-state index contributed by atoms with van der Waals surface area (Å²) in [7, 11) is 0. The fourth-order valence-electron chi connectivity index (χ4n) is 2.95. The molecule has 0 atom stereocenters. The molecule has 3 nitrogen and oxygen atoms in total. The highest BCUT2D eigenvalue weighted by molar-refractivity contribution is 5.84. The highest BCUT2D eigenvalue weighted by Crippen LogP contribution is 2.24. The van der Waals surface area contributed by atoms with Gasteiger partial charge in [-0.1, -0.05) is 18.9 Å². The predicted octanol–water partition coefficient (Wildman–Crippen LogP) is 3.39. The number of rotatable bonds is 6. The molecule has 0 amide bonds. The molecule has 0 aliphatic heterocycles. The summed E-state index contributed by atoms with van der Waals surface area (Å²) in [6, 6.07) is 10.0. The van der Waals surface area contributed by atoms with E-state index < -0.39 is 0 Å². The standard InChI is InChI=1S/C17H22N2O/c1-2-6-14(5-1)13-18-11-12-20-17-9-3-8-16-15(17)7-4-10-19-16/h3-4,7-10,14,18H,1-2,5-6,11-13H2. The molecule has 1 fully saturated rings. The third-order valence-electron chi connectivity index (χ3n) is 4.05. The SMILES string of the molecule is c1cc(OCCNCC2CCCC2)c2cccnc2c1. The Kier molecular flexibility index (Phi) is 4.49. The summed E-state index contributed by atoms with van der Waals surface area (Å²) in [6.07, 6.45) is 7.42. The second-order valence-corrected chi connectivity index (χ2v) is 5.53. The van der Waals surface area contributed by atoms with Crippen molar-refractivity contribution in [1.29, 1.82) is 0 Å². The van der Waals surface area contributed by atoms with Gasteiger partial charge in [-0.2, -0.15) is 0 Å². The lowest BCUT2D eigenvalue weighted by molar-refractivity contribution is 0.312. The zero-order chi connectivity index (χ0) is 13.6. The Morgan fingerprint density at radius 2 is 2.05 bits per heavy atom. The number of nitrogens with zero attached hydrogens (tertiary/aromatic N) is 1. The van der Waals surface area contributed by atoms with Gasteiger partial charge >= 0.3 is 0 Å². The van der Waals surface area contributed by atoms with Gasteiger partial charge in [0.2, 0.25) is 0 Å². The molecule has 2 aromatic rings. The number of aromatic nitrogens is 1. The maximum absolute atomic E-state index is 5.88. The molecule has 20 heavy (non-hydrogen) atoms. The highest BCUT2D eigenvalue weighted by Gasteiger charge is 2.13. The lowest BCUT2D eigenvalue weighted by Gasteiger charge is -2.12. The number of pyridine rings is 1. The molecule has 1 saturated carbocycles. The van der Waals surface area contributed by atoms with Crippen molar-refractivity contribution in [2.45, 2.75) is 25.7 Å². The Morgan fingerprint density at radius 3 is 2.95 bits per heavy atom. The average Bonchev–Trinajstić information content (AvgIpc) is 3.00. The van der Waals surface area contributed by atoms with Gasteiger partial charge in [0.25, 0.3) is 0 Å². The van der Waals surface area contributed by atoms with Gasteiger partial charge in [0.15, 0.2) is 0 Å². The topological polar surface area (TPSA) is 34.1 Å². The average molecular weight is 270 g/mol. The van der Waals surface area contributed by atoms with Gasteiger partial charge in [-0.15, -0.1) is 0 Å². The molecule has 1 aromatic heterocycles. The molecule has 1 aliphatic rings. The highest BCUT2D eigenvalue weighted by atomic mass is 16.5. The third kappa shape index (κ3) is 3.28. The maximum atomic E-state index is 5.88. The molecule has 0 bridgehead atoms. The molecule has 0 unspecified atom stereocenters. The zero-order valence-corrected chi connectivity index (χ0v) is 11.8. The number of fused-ring (bicyclic) bond motifs is 1. The van der Waals surface area contributed by atoms with Crippen molar-refractivity contribution in [3.63, 3.8) is 0 Å². The molecule has 1 N–H and O–H groups in total. The first-order chi connectivity index (χ1) is 9.93. The first-order valence-electron chi connectivity index (χ1n) is 7.61. The van der Waals surface area contributed by atoms with Crippen LogP contribution in [0.25, 0.3) is 10.9 Å². The molecular formula is C17H22N2O. The van der Waals surface area contributed by atoms with Crippen LogP contribution in [-0.2, 0) is 0 Å². The number of ether oxygens (including phenoxy) is 1. The molecule has 3 heteroatoms. The predicted molar refractivity (Wildman–Crippen MR) is 82.1 cm³/mol. The monoisotopic (exact) mass is 270 g/mol. The van der Waals surface area contributed by atoms with Crippen molar-refractivity contribution in [2.24, 2.45) is 5.92 Å². The minimum atomic E-state index is 0.709. The second kappa shape index (κ2) is 6.71. The zero-order valence-electron chi connectivity index (χ0n) is 11.8. The minimum Gasteiger partial charge on any atom is -0.492 e. The van der Waals surface area contributed by atoms with Crippen LogP contribution >= 0.6 is 0 Å². The first-order valence-corrected chi connectivity index (χ1v) is 7.61. The fourth-order valence-corrected chi connectivity index (χ4v) is 2.95. The van der Waals surface area contributed by atoms with E-state index in [1.807, 2.05) is 30.5 Å². The van der Waals surface area contributed by atoms with E-state index in [1.54, 1.807) is 0 Å². The van der Waals surface area contributed by atoms with Gasteiger partial charge in [0.05, 0.1) is 5.52 Å². The van der Waals surface area contributed by atoms with E-state index in [2.05, 4.69) is 16.4 Å². The van der Waals surface area contributed by atoms with E-state index in [-0.39, 0.29) is 0 Å². The van der Waals surface area contributed by atoms with Crippen LogP contribution in [0.3, 0.4) is 0 Å². The summed E-state index contributed by atoms with van der Waals surface area (Å²) in [6.45, 7) is 2.76. The Labute approximate surface area is 120 Å².